The smallest absolute Gasteiger partial charge is 0.312 e. The molecule has 8 nitrogen and oxygen atoms in total. The Labute approximate surface area is 203 Å². The third-order valence-corrected chi connectivity index (χ3v) is 5.89. The van der Waals surface area contributed by atoms with E-state index in [4.69, 9.17) is 15.2 Å². The van der Waals surface area contributed by atoms with Gasteiger partial charge in [0.25, 0.3) is 5.91 Å². The van der Waals surface area contributed by atoms with Crippen LogP contribution in [-0.4, -0.2) is 31.1 Å². The zero-order valence-electron chi connectivity index (χ0n) is 19.3. The van der Waals surface area contributed by atoms with Crippen molar-refractivity contribution in [3.05, 3.63) is 95.6 Å². The van der Waals surface area contributed by atoms with Crippen molar-refractivity contribution in [2.75, 3.05) is 18.1 Å². The molecule has 3 aromatic carbocycles. The fourth-order valence-electron chi connectivity index (χ4n) is 4.24. The molecule has 0 unspecified atom stereocenters. The number of primary amides is 1. The van der Waals surface area contributed by atoms with Crippen LogP contribution in [0.2, 0.25) is 0 Å². The second-order valence-electron chi connectivity index (χ2n) is 8.25. The van der Waals surface area contributed by atoms with Gasteiger partial charge in [0.15, 0.2) is 6.61 Å². The van der Waals surface area contributed by atoms with Gasteiger partial charge >= 0.3 is 12.0 Å². The number of rotatable bonds is 7. The molecule has 3 aromatic rings. The summed E-state index contributed by atoms with van der Waals surface area (Å²) in [6.07, 6.45) is -0.164. The second kappa shape index (κ2) is 10.7. The number of aryl methyl sites for hydroxylation is 1. The molecule has 0 radical (unpaired) electrons. The van der Waals surface area contributed by atoms with Gasteiger partial charge in [-0.1, -0.05) is 66.7 Å². The quantitative estimate of drug-likeness (QED) is 0.507. The van der Waals surface area contributed by atoms with Crippen molar-refractivity contribution in [3.8, 4) is 5.75 Å². The van der Waals surface area contributed by atoms with Crippen LogP contribution in [0.15, 0.2) is 78.9 Å². The van der Waals surface area contributed by atoms with Gasteiger partial charge in [-0.3, -0.25) is 14.5 Å². The first-order valence-corrected chi connectivity index (χ1v) is 11.3. The van der Waals surface area contributed by atoms with Crippen LogP contribution in [0.25, 0.3) is 0 Å². The maximum atomic E-state index is 13.3. The Bertz CT molecular complexity index is 1210. The highest BCUT2D eigenvalue weighted by Crippen LogP contribution is 2.39. The number of hydrogen-bond donors (Lipinski definition) is 2. The zero-order chi connectivity index (χ0) is 24.8. The number of esters is 1. The lowest BCUT2D eigenvalue weighted by Crippen LogP contribution is -2.43. The molecule has 180 valence electrons. The highest BCUT2D eigenvalue weighted by Gasteiger charge is 2.34. The lowest BCUT2D eigenvalue weighted by molar-refractivity contribution is -0.148. The number of nitrogens with zero attached hydrogens (tertiary/aromatic N) is 1. The molecule has 0 bridgehead atoms. The Kier molecular flexibility index (Phi) is 7.30. The van der Waals surface area contributed by atoms with Gasteiger partial charge in [0.1, 0.15) is 12.4 Å². The number of benzene rings is 3. The van der Waals surface area contributed by atoms with Crippen molar-refractivity contribution in [1.29, 1.82) is 0 Å². The molecule has 1 aliphatic heterocycles. The molecule has 8 heteroatoms. The number of carbonyl (C=O) groups excluding carboxylic acids is 3. The van der Waals surface area contributed by atoms with Crippen LogP contribution < -0.4 is 20.7 Å². The number of nitrogens with one attached hydrogen (secondary N) is 1. The first-order valence-electron chi connectivity index (χ1n) is 11.3. The summed E-state index contributed by atoms with van der Waals surface area (Å²) >= 11 is 0. The summed E-state index contributed by atoms with van der Waals surface area (Å²) in [5, 5.41) is 2.59. The van der Waals surface area contributed by atoms with E-state index in [0.717, 1.165) is 16.7 Å². The van der Waals surface area contributed by atoms with Crippen LogP contribution in [0, 0.1) is 6.92 Å². The number of nitrogens with two attached hydrogens (primary N) is 1. The van der Waals surface area contributed by atoms with Gasteiger partial charge in [-0.25, -0.2) is 4.79 Å². The number of fused-ring (bicyclic) bond motifs is 1. The summed E-state index contributed by atoms with van der Waals surface area (Å²) in [5.41, 5.74) is 8.48. The Morgan fingerprint density at radius 1 is 1.03 bits per heavy atom. The van der Waals surface area contributed by atoms with Gasteiger partial charge in [0.2, 0.25) is 0 Å². The summed E-state index contributed by atoms with van der Waals surface area (Å²) in [7, 11) is 0. The van der Waals surface area contributed by atoms with E-state index in [9.17, 15) is 14.4 Å². The summed E-state index contributed by atoms with van der Waals surface area (Å²) in [5.74, 6) is -0.416. The van der Waals surface area contributed by atoms with Gasteiger partial charge in [-0.05, 0) is 35.7 Å². The number of anilines is 1. The van der Waals surface area contributed by atoms with Crippen molar-refractivity contribution < 1.29 is 23.9 Å². The Morgan fingerprint density at radius 2 is 1.71 bits per heavy atom. The largest absolute Gasteiger partial charge is 0.489 e. The van der Waals surface area contributed by atoms with Gasteiger partial charge in [-0.2, -0.15) is 0 Å². The average Bonchev–Trinajstić information content (AvgIpc) is 2.86. The lowest BCUT2D eigenvalue weighted by Gasteiger charge is -2.37. The van der Waals surface area contributed by atoms with E-state index in [0.29, 0.717) is 11.4 Å². The monoisotopic (exact) mass is 473 g/mol. The van der Waals surface area contributed by atoms with Crippen LogP contribution in [-0.2, 0) is 14.3 Å². The predicted octanol–water partition coefficient (Wildman–Crippen LogP) is 3.80. The number of hydrogen-bond acceptors (Lipinski definition) is 5. The molecule has 35 heavy (non-hydrogen) atoms. The van der Waals surface area contributed by atoms with Gasteiger partial charge < -0.3 is 20.5 Å². The first-order chi connectivity index (χ1) is 16.9. The number of ether oxygens (including phenoxy) is 2. The minimum atomic E-state index is -0.752. The van der Waals surface area contributed by atoms with Crippen LogP contribution in [0.5, 0.6) is 5.75 Å². The molecule has 0 spiro atoms. The van der Waals surface area contributed by atoms with Crippen molar-refractivity contribution >= 4 is 23.6 Å². The van der Waals surface area contributed by atoms with Crippen molar-refractivity contribution in [3.63, 3.8) is 0 Å². The van der Waals surface area contributed by atoms with E-state index in [1.807, 2.05) is 73.7 Å². The molecule has 0 saturated carbocycles. The Morgan fingerprint density at radius 3 is 2.46 bits per heavy atom. The maximum Gasteiger partial charge on any atom is 0.312 e. The predicted molar refractivity (Wildman–Crippen MR) is 131 cm³/mol. The van der Waals surface area contributed by atoms with Gasteiger partial charge in [0, 0.05) is 0 Å². The minimum Gasteiger partial charge on any atom is -0.489 e. The topological polar surface area (TPSA) is 111 Å². The highest BCUT2D eigenvalue weighted by atomic mass is 16.5. The average molecular weight is 474 g/mol. The summed E-state index contributed by atoms with van der Waals surface area (Å²) in [6, 6.07) is 22.4. The van der Waals surface area contributed by atoms with Crippen LogP contribution in [0.4, 0.5) is 10.5 Å². The maximum absolute atomic E-state index is 13.3. The summed E-state index contributed by atoms with van der Waals surface area (Å²) in [6.45, 7) is 1.70. The Balaban J connectivity index is 1.49. The first kappa shape index (κ1) is 23.8. The summed E-state index contributed by atoms with van der Waals surface area (Å²) in [4.78, 5) is 39.2. The number of para-hydroxylation sites is 2. The van der Waals surface area contributed by atoms with Crippen LogP contribution in [0.3, 0.4) is 0 Å². The number of amides is 3. The fourth-order valence-corrected chi connectivity index (χ4v) is 4.24. The molecular formula is C27H27N3O5. The van der Waals surface area contributed by atoms with E-state index < -0.39 is 24.6 Å². The number of urea groups is 1. The molecule has 0 saturated heterocycles. The van der Waals surface area contributed by atoms with Gasteiger partial charge in [-0.15, -0.1) is 0 Å². The van der Waals surface area contributed by atoms with E-state index in [1.54, 1.807) is 17.0 Å². The lowest BCUT2D eigenvalue weighted by atomic mass is 9.99. The fraction of sp³-hybridized carbons (Fsp3) is 0.222. The van der Waals surface area contributed by atoms with Crippen molar-refractivity contribution in [2.45, 2.75) is 25.4 Å². The standard InChI is InChI=1S/C27H27N3O5/c1-18-9-5-6-12-20(18)21(29-27(28)33)15-26(32)35-17-25(31)30-22-13-7-8-14-24(22)34-16-23(30)19-10-3-2-4-11-19/h2-14,21,23H,15-17H2,1H3,(H3,28,29,33)/t21-,23-/m0/s1. The molecule has 2 atom stereocenters. The SMILES string of the molecule is Cc1ccccc1[C@H](CC(=O)OCC(=O)N1c2ccccc2OC[C@H]1c1ccccc1)NC(N)=O. The molecule has 0 fully saturated rings. The molecule has 4 rings (SSSR count). The van der Waals surface area contributed by atoms with Crippen LogP contribution >= 0.6 is 0 Å². The van der Waals surface area contributed by atoms with E-state index >= 15 is 0 Å². The highest BCUT2D eigenvalue weighted by molar-refractivity contribution is 5.97. The molecule has 1 heterocycles. The van der Waals surface area contributed by atoms with Crippen molar-refractivity contribution in [1.82, 2.24) is 5.32 Å². The molecule has 3 amide bonds. The normalized spacial score (nSPS) is 15.3. The molecule has 1 aliphatic rings. The minimum absolute atomic E-state index is 0.164. The van der Waals surface area contributed by atoms with E-state index in [1.165, 1.54) is 0 Å². The Hall–Kier alpha value is -4.33. The third-order valence-electron chi connectivity index (χ3n) is 5.89. The van der Waals surface area contributed by atoms with Crippen molar-refractivity contribution in [2.24, 2.45) is 5.73 Å². The molecule has 3 N–H and O–H groups in total. The number of carbonyl (C=O) groups is 3. The second-order valence-corrected chi connectivity index (χ2v) is 8.25. The molecule has 0 aromatic heterocycles. The van der Waals surface area contributed by atoms with E-state index in [2.05, 4.69) is 5.32 Å². The molecular weight excluding hydrogens is 446 g/mol. The summed E-state index contributed by atoms with van der Waals surface area (Å²) < 4.78 is 11.3. The van der Waals surface area contributed by atoms with Crippen LogP contribution in [0.1, 0.15) is 35.2 Å². The van der Waals surface area contributed by atoms with E-state index in [-0.39, 0.29) is 25.0 Å². The third kappa shape index (κ3) is 5.60. The molecule has 0 aliphatic carbocycles. The van der Waals surface area contributed by atoms with Gasteiger partial charge in [0.05, 0.1) is 24.2 Å². The zero-order valence-corrected chi connectivity index (χ0v) is 19.3.